The number of hydrogen-bond acceptors (Lipinski definition) is 2. The lowest BCUT2D eigenvalue weighted by Gasteiger charge is -2.15. The van der Waals surface area contributed by atoms with Crippen molar-refractivity contribution in [2.75, 3.05) is 0 Å². The summed E-state index contributed by atoms with van der Waals surface area (Å²) in [6.45, 7) is 4.30. The molecule has 0 bridgehead atoms. The van der Waals surface area contributed by atoms with E-state index in [4.69, 9.17) is 10.2 Å². The van der Waals surface area contributed by atoms with E-state index in [9.17, 15) is 0 Å². The summed E-state index contributed by atoms with van der Waals surface area (Å²) in [7, 11) is 0. The van der Waals surface area contributed by atoms with Crippen LogP contribution in [0.5, 0.6) is 0 Å². The number of halogens is 1. The van der Waals surface area contributed by atoms with Gasteiger partial charge < -0.3 is 10.2 Å². The van der Waals surface area contributed by atoms with Crippen molar-refractivity contribution in [3.63, 3.8) is 0 Å². The molecule has 0 radical (unpaired) electrons. The van der Waals surface area contributed by atoms with Crippen LogP contribution in [0.15, 0.2) is 39.4 Å². The Kier molecular flexibility index (Phi) is 4.25. The molecule has 2 N–H and O–H groups in total. The highest BCUT2D eigenvalue weighted by atomic mass is 79.9. The van der Waals surface area contributed by atoms with E-state index in [2.05, 4.69) is 48.0 Å². The van der Waals surface area contributed by atoms with Gasteiger partial charge in [0.2, 0.25) is 0 Å². The van der Waals surface area contributed by atoms with Crippen molar-refractivity contribution in [1.29, 1.82) is 0 Å². The zero-order valence-electron chi connectivity index (χ0n) is 10.7. The average Bonchev–Trinajstić information content (AvgIpc) is 2.83. The molecule has 0 fully saturated rings. The summed E-state index contributed by atoms with van der Waals surface area (Å²) in [5.74, 6) is 0.796. The number of nitrogens with two attached hydrogens (primary N) is 1. The molecule has 18 heavy (non-hydrogen) atoms. The first-order valence-corrected chi connectivity index (χ1v) is 7.07. The van der Waals surface area contributed by atoms with Crippen molar-refractivity contribution in [2.45, 2.75) is 32.7 Å². The Bertz CT molecular complexity index is 533. The van der Waals surface area contributed by atoms with Gasteiger partial charge in [-0.1, -0.05) is 32.0 Å². The molecule has 0 spiro atoms. The zero-order chi connectivity index (χ0) is 13.1. The zero-order valence-corrected chi connectivity index (χ0v) is 12.3. The second-order valence-electron chi connectivity index (χ2n) is 4.36. The van der Waals surface area contributed by atoms with Gasteiger partial charge in [-0.3, -0.25) is 0 Å². The first-order valence-electron chi connectivity index (χ1n) is 6.28. The van der Waals surface area contributed by atoms with Crippen LogP contribution in [0, 0.1) is 0 Å². The minimum Gasteiger partial charge on any atom is -0.452 e. The Morgan fingerprint density at radius 2 is 1.94 bits per heavy atom. The second kappa shape index (κ2) is 5.72. The van der Waals surface area contributed by atoms with Gasteiger partial charge in [-0.05, 0) is 57.6 Å². The minimum absolute atomic E-state index is 0.197. The fraction of sp³-hybridized carbons (Fsp3) is 0.333. The predicted octanol–water partition coefficient (Wildman–Crippen LogP) is 4.22. The van der Waals surface area contributed by atoms with Gasteiger partial charge in [0, 0.05) is 0 Å². The molecule has 0 aliphatic rings. The van der Waals surface area contributed by atoms with Crippen molar-refractivity contribution in [1.82, 2.24) is 0 Å². The summed E-state index contributed by atoms with van der Waals surface area (Å²) in [6.07, 6.45) is 2.00. The molecule has 2 aromatic rings. The monoisotopic (exact) mass is 307 g/mol. The van der Waals surface area contributed by atoms with Crippen LogP contribution in [0.4, 0.5) is 0 Å². The van der Waals surface area contributed by atoms with Crippen molar-refractivity contribution in [3.8, 4) is 0 Å². The van der Waals surface area contributed by atoms with E-state index >= 15 is 0 Å². The standard InChI is InChI=1S/C15H18BrNO/c1-3-10-5-6-11(4-2)12(9-10)15(17)13-7-8-14(16)18-13/h5-9,15H,3-4,17H2,1-2H3. The normalized spacial score (nSPS) is 12.7. The van der Waals surface area contributed by atoms with Gasteiger partial charge in [0.1, 0.15) is 5.76 Å². The molecule has 1 aromatic heterocycles. The molecule has 0 saturated carbocycles. The number of aryl methyl sites for hydroxylation is 2. The van der Waals surface area contributed by atoms with Crippen molar-refractivity contribution < 1.29 is 4.42 Å². The van der Waals surface area contributed by atoms with Crippen LogP contribution in [0.2, 0.25) is 0 Å². The summed E-state index contributed by atoms with van der Waals surface area (Å²) in [5.41, 5.74) is 10.1. The summed E-state index contributed by atoms with van der Waals surface area (Å²) < 4.78 is 6.28. The molecule has 0 aliphatic heterocycles. The van der Waals surface area contributed by atoms with Crippen LogP contribution in [0.3, 0.4) is 0 Å². The molecule has 1 atom stereocenters. The van der Waals surface area contributed by atoms with Crippen LogP contribution in [-0.2, 0) is 12.8 Å². The number of hydrogen-bond donors (Lipinski definition) is 1. The Morgan fingerprint density at radius 1 is 1.17 bits per heavy atom. The number of rotatable bonds is 4. The maximum atomic E-state index is 6.32. The third kappa shape index (κ3) is 2.68. The molecular formula is C15H18BrNO. The van der Waals surface area contributed by atoms with Crippen LogP contribution in [0.1, 0.15) is 42.3 Å². The molecule has 0 saturated heterocycles. The fourth-order valence-electron chi connectivity index (χ4n) is 2.12. The Labute approximate surface area is 116 Å². The lowest BCUT2D eigenvalue weighted by molar-refractivity contribution is 0.469. The van der Waals surface area contributed by atoms with Gasteiger partial charge in [0.05, 0.1) is 6.04 Å². The fourth-order valence-corrected chi connectivity index (χ4v) is 2.44. The largest absolute Gasteiger partial charge is 0.452 e. The molecule has 2 nitrogen and oxygen atoms in total. The summed E-state index contributed by atoms with van der Waals surface area (Å²) in [4.78, 5) is 0. The van der Waals surface area contributed by atoms with Crippen LogP contribution < -0.4 is 5.73 Å². The van der Waals surface area contributed by atoms with E-state index in [1.807, 2.05) is 12.1 Å². The van der Waals surface area contributed by atoms with E-state index in [1.165, 1.54) is 16.7 Å². The van der Waals surface area contributed by atoms with E-state index in [0.717, 1.165) is 23.3 Å². The van der Waals surface area contributed by atoms with Crippen molar-refractivity contribution in [2.24, 2.45) is 5.73 Å². The lowest BCUT2D eigenvalue weighted by atomic mass is 9.94. The molecule has 2 rings (SSSR count). The number of furan rings is 1. The molecule has 1 heterocycles. The lowest BCUT2D eigenvalue weighted by Crippen LogP contribution is -2.13. The average molecular weight is 308 g/mol. The highest BCUT2D eigenvalue weighted by Gasteiger charge is 2.16. The summed E-state index contributed by atoms with van der Waals surface area (Å²) >= 11 is 3.31. The van der Waals surface area contributed by atoms with Gasteiger partial charge in [-0.25, -0.2) is 0 Å². The first-order chi connectivity index (χ1) is 8.65. The van der Waals surface area contributed by atoms with Crippen LogP contribution in [0.25, 0.3) is 0 Å². The SMILES string of the molecule is CCc1ccc(CC)c(C(N)c2ccc(Br)o2)c1. The molecule has 3 heteroatoms. The molecule has 1 unspecified atom stereocenters. The highest BCUT2D eigenvalue weighted by Crippen LogP contribution is 2.27. The van der Waals surface area contributed by atoms with Crippen LogP contribution in [-0.4, -0.2) is 0 Å². The molecule has 0 aliphatic carbocycles. The third-order valence-electron chi connectivity index (χ3n) is 3.24. The van der Waals surface area contributed by atoms with Gasteiger partial charge in [-0.15, -0.1) is 0 Å². The summed E-state index contributed by atoms with van der Waals surface area (Å²) in [5, 5.41) is 0. The van der Waals surface area contributed by atoms with Crippen molar-refractivity contribution >= 4 is 15.9 Å². The van der Waals surface area contributed by atoms with Gasteiger partial charge in [0.15, 0.2) is 4.67 Å². The van der Waals surface area contributed by atoms with Gasteiger partial charge in [0.25, 0.3) is 0 Å². The van der Waals surface area contributed by atoms with Crippen LogP contribution >= 0.6 is 15.9 Å². The molecule has 1 aromatic carbocycles. The second-order valence-corrected chi connectivity index (χ2v) is 5.14. The maximum Gasteiger partial charge on any atom is 0.169 e. The maximum absolute atomic E-state index is 6.32. The molecular weight excluding hydrogens is 290 g/mol. The smallest absolute Gasteiger partial charge is 0.169 e. The molecule has 0 amide bonds. The van der Waals surface area contributed by atoms with E-state index in [1.54, 1.807) is 0 Å². The highest BCUT2D eigenvalue weighted by molar-refractivity contribution is 9.10. The first kappa shape index (κ1) is 13.4. The quantitative estimate of drug-likeness (QED) is 0.918. The van der Waals surface area contributed by atoms with E-state index in [0.29, 0.717) is 0 Å². The van der Waals surface area contributed by atoms with Gasteiger partial charge in [-0.2, -0.15) is 0 Å². The topological polar surface area (TPSA) is 39.2 Å². The Morgan fingerprint density at radius 3 is 2.50 bits per heavy atom. The van der Waals surface area contributed by atoms with E-state index < -0.39 is 0 Å². The summed E-state index contributed by atoms with van der Waals surface area (Å²) in [6, 6.07) is 10.1. The Hall–Kier alpha value is -1.06. The van der Waals surface area contributed by atoms with E-state index in [-0.39, 0.29) is 6.04 Å². The Balaban J connectivity index is 2.41. The van der Waals surface area contributed by atoms with Crippen molar-refractivity contribution in [3.05, 3.63) is 57.5 Å². The third-order valence-corrected chi connectivity index (χ3v) is 3.66. The van der Waals surface area contributed by atoms with Gasteiger partial charge >= 0.3 is 0 Å². The minimum atomic E-state index is -0.197. The molecule has 96 valence electrons. The number of benzene rings is 1. The predicted molar refractivity (Wildman–Crippen MR) is 77.6 cm³/mol.